The summed E-state index contributed by atoms with van der Waals surface area (Å²) in [6.07, 6.45) is 2.27. The number of aromatic nitrogens is 4. The van der Waals surface area contributed by atoms with E-state index < -0.39 is 0 Å². The lowest BCUT2D eigenvalue weighted by Crippen LogP contribution is -2.06. The summed E-state index contributed by atoms with van der Waals surface area (Å²) in [7, 11) is 0. The average molecular weight is 377 g/mol. The van der Waals surface area contributed by atoms with Crippen molar-refractivity contribution >= 4 is 34.4 Å². The topological polar surface area (TPSA) is 81.7 Å². The summed E-state index contributed by atoms with van der Waals surface area (Å²) < 4.78 is 1.71. The molecule has 0 bridgehead atoms. The van der Waals surface area contributed by atoms with Crippen LogP contribution >= 0.6 is 11.6 Å². The first-order valence-electron chi connectivity index (χ1n) is 8.83. The molecule has 0 unspecified atom stereocenters. The first-order valence-corrected chi connectivity index (χ1v) is 9.21. The van der Waals surface area contributed by atoms with Gasteiger partial charge in [-0.1, -0.05) is 41.9 Å². The van der Waals surface area contributed by atoms with Gasteiger partial charge < -0.3 is 11.1 Å². The van der Waals surface area contributed by atoms with Crippen LogP contribution in [0.2, 0.25) is 5.02 Å². The number of nitrogen functional groups attached to an aromatic ring is 1. The molecule has 2 aromatic carbocycles. The van der Waals surface area contributed by atoms with Crippen LogP contribution in [-0.2, 0) is 0 Å². The van der Waals surface area contributed by atoms with Gasteiger partial charge in [-0.25, -0.2) is 9.67 Å². The van der Waals surface area contributed by atoms with Gasteiger partial charge >= 0.3 is 0 Å². The van der Waals surface area contributed by atoms with Crippen molar-refractivity contribution in [2.24, 2.45) is 0 Å². The van der Waals surface area contributed by atoms with Gasteiger partial charge in [0.1, 0.15) is 5.82 Å². The number of nitrogens with one attached hydrogen (secondary N) is 1. The van der Waals surface area contributed by atoms with Crippen molar-refractivity contribution in [2.75, 3.05) is 11.1 Å². The zero-order chi connectivity index (χ0) is 18.4. The van der Waals surface area contributed by atoms with Crippen LogP contribution in [0.5, 0.6) is 0 Å². The van der Waals surface area contributed by atoms with E-state index in [1.54, 1.807) is 4.68 Å². The lowest BCUT2D eigenvalue weighted by Gasteiger charge is -2.08. The van der Waals surface area contributed by atoms with Crippen LogP contribution < -0.4 is 11.1 Å². The van der Waals surface area contributed by atoms with Crippen LogP contribution in [0.4, 0.5) is 11.8 Å². The van der Waals surface area contributed by atoms with E-state index >= 15 is 0 Å². The molecule has 4 aromatic rings. The maximum absolute atomic E-state index is 6.48. The molecular weight excluding hydrogens is 360 g/mol. The minimum Gasteiger partial charge on any atom is -0.383 e. The maximum Gasteiger partial charge on any atom is 0.225 e. The number of fused-ring (bicyclic) bond motifs is 1. The SMILES string of the molecule is Nc1c2c(-c3ccc(Cl)cc3)nc(NC3CC3)nc2nn1-c1ccccc1. The van der Waals surface area contributed by atoms with Crippen molar-refractivity contribution in [2.45, 2.75) is 18.9 Å². The standard InChI is InChI=1S/C20H17ClN6/c21-13-8-6-12(7-9-13)17-16-18(22)27(15-4-2-1-3-5-15)26-19(16)25-20(24-17)23-14-10-11-14/h1-9,14H,10-11,22H2,(H,23,25,26). The molecule has 2 aromatic heterocycles. The second kappa shape index (κ2) is 6.25. The molecule has 27 heavy (non-hydrogen) atoms. The van der Waals surface area contributed by atoms with Gasteiger partial charge in [0, 0.05) is 16.6 Å². The van der Waals surface area contributed by atoms with Crippen molar-refractivity contribution in [3.05, 3.63) is 59.6 Å². The first kappa shape index (κ1) is 16.1. The summed E-state index contributed by atoms with van der Waals surface area (Å²) in [5.74, 6) is 1.09. The number of para-hydroxylation sites is 1. The number of nitrogens with zero attached hydrogens (tertiary/aromatic N) is 4. The molecule has 0 aliphatic heterocycles. The number of hydrogen-bond acceptors (Lipinski definition) is 5. The molecule has 0 radical (unpaired) electrons. The third-order valence-corrected chi connectivity index (χ3v) is 4.85. The van der Waals surface area contributed by atoms with E-state index in [4.69, 9.17) is 22.3 Å². The molecule has 6 nitrogen and oxygen atoms in total. The van der Waals surface area contributed by atoms with Crippen LogP contribution in [0.1, 0.15) is 12.8 Å². The molecule has 1 aliphatic carbocycles. The summed E-state index contributed by atoms with van der Waals surface area (Å²) in [4.78, 5) is 9.36. The number of halogens is 1. The van der Waals surface area contributed by atoms with E-state index in [9.17, 15) is 0 Å². The molecule has 0 amide bonds. The smallest absolute Gasteiger partial charge is 0.225 e. The fourth-order valence-corrected chi connectivity index (χ4v) is 3.20. The molecule has 1 aliphatic rings. The van der Waals surface area contributed by atoms with Gasteiger partial charge in [-0.2, -0.15) is 4.98 Å². The number of nitrogens with two attached hydrogens (primary N) is 1. The maximum atomic E-state index is 6.48. The zero-order valence-corrected chi connectivity index (χ0v) is 15.2. The molecule has 134 valence electrons. The van der Waals surface area contributed by atoms with Crippen LogP contribution in [0.25, 0.3) is 28.0 Å². The zero-order valence-electron chi connectivity index (χ0n) is 14.4. The van der Waals surface area contributed by atoms with E-state index in [1.807, 2.05) is 54.6 Å². The van der Waals surface area contributed by atoms with Gasteiger partial charge in [0.2, 0.25) is 5.95 Å². The third kappa shape index (κ3) is 2.98. The third-order valence-electron chi connectivity index (χ3n) is 4.60. The fourth-order valence-electron chi connectivity index (χ4n) is 3.07. The van der Waals surface area contributed by atoms with Crippen molar-refractivity contribution in [1.29, 1.82) is 0 Å². The molecule has 0 saturated heterocycles. The van der Waals surface area contributed by atoms with Crippen molar-refractivity contribution in [1.82, 2.24) is 19.7 Å². The molecule has 5 rings (SSSR count). The van der Waals surface area contributed by atoms with E-state index in [2.05, 4.69) is 15.4 Å². The van der Waals surface area contributed by atoms with Crippen LogP contribution in [-0.4, -0.2) is 25.8 Å². The number of rotatable bonds is 4. The molecule has 1 saturated carbocycles. The molecule has 2 heterocycles. The Hall–Kier alpha value is -3.12. The molecule has 0 atom stereocenters. The summed E-state index contributed by atoms with van der Waals surface area (Å²) in [6, 6.07) is 17.8. The highest BCUT2D eigenvalue weighted by Gasteiger charge is 2.24. The second-order valence-electron chi connectivity index (χ2n) is 6.65. The van der Waals surface area contributed by atoms with Crippen molar-refractivity contribution in [3.63, 3.8) is 0 Å². The van der Waals surface area contributed by atoms with E-state index in [0.717, 1.165) is 35.2 Å². The Morgan fingerprint density at radius 1 is 1.00 bits per heavy atom. The Kier molecular flexibility index (Phi) is 3.72. The minimum absolute atomic E-state index is 0.439. The van der Waals surface area contributed by atoms with Gasteiger partial charge in [0.25, 0.3) is 0 Å². The summed E-state index contributed by atoms with van der Waals surface area (Å²) in [5, 5.41) is 9.42. The highest BCUT2D eigenvalue weighted by atomic mass is 35.5. The van der Waals surface area contributed by atoms with E-state index in [0.29, 0.717) is 28.5 Å². The molecular formula is C20H17ClN6. The largest absolute Gasteiger partial charge is 0.383 e. The predicted molar refractivity (Wildman–Crippen MR) is 108 cm³/mol. The number of benzene rings is 2. The summed E-state index contributed by atoms with van der Waals surface area (Å²) in [6.45, 7) is 0. The van der Waals surface area contributed by atoms with Crippen LogP contribution in [0, 0.1) is 0 Å². The molecule has 7 heteroatoms. The molecule has 3 N–H and O–H groups in total. The highest BCUT2D eigenvalue weighted by Crippen LogP contribution is 2.34. The predicted octanol–water partition coefficient (Wildman–Crippen LogP) is 4.29. The van der Waals surface area contributed by atoms with Gasteiger partial charge in [-0.3, -0.25) is 0 Å². The van der Waals surface area contributed by atoms with Crippen LogP contribution in [0.3, 0.4) is 0 Å². The van der Waals surface area contributed by atoms with Gasteiger partial charge in [-0.15, -0.1) is 5.10 Å². The lowest BCUT2D eigenvalue weighted by molar-refractivity contribution is 0.899. The minimum atomic E-state index is 0.439. The Morgan fingerprint density at radius 2 is 1.74 bits per heavy atom. The lowest BCUT2D eigenvalue weighted by atomic mass is 10.1. The van der Waals surface area contributed by atoms with Gasteiger partial charge in [0.05, 0.1) is 16.8 Å². The number of anilines is 2. The van der Waals surface area contributed by atoms with Gasteiger partial charge in [-0.05, 0) is 37.1 Å². The monoisotopic (exact) mass is 376 g/mol. The highest BCUT2D eigenvalue weighted by molar-refractivity contribution is 6.30. The fraction of sp³-hybridized carbons (Fsp3) is 0.150. The Bertz CT molecular complexity index is 1120. The average Bonchev–Trinajstić information content (AvgIpc) is 3.44. The normalized spacial score (nSPS) is 13.8. The Labute approximate surface area is 161 Å². The van der Waals surface area contributed by atoms with Crippen molar-refractivity contribution < 1.29 is 0 Å². The number of hydrogen-bond donors (Lipinski definition) is 2. The van der Waals surface area contributed by atoms with E-state index in [1.165, 1.54) is 0 Å². The Balaban J connectivity index is 1.74. The van der Waals surface area contributed by atoms with Gasteiger partial charge in [0.15, 0.2) is 5.65 Å². The summed E-state index contributed by atoms with van der Waals surface area (Å²) in [5.41, 5.74) is 9.60. The molecule has 0 spiro atoms. The summed E-state index contributed by atoms with van der Waals surface area (Å²) >= 11 is 6.05. The first-order chi connectivity index (χ1) is 13.2. The van der Waals surface area contributed by atoms with Crippen LogP contribution in [0.15, 0.2) is 54.6 Å². The second-order valence-corrected chi connectivity index (χ2v) is 7.09. The van der Waals surface area contributed by atoms with E-state index in [-0.39, 0.29) is 0 Å². The Morgan fingerprint density at radius 3 is 2.44 bits per heavy atom. The quantitative estimate of drug-likeness (QED) is 0.555. The van der Waals surface area contributed by atoms with Crippen molar-refractivity contribution in [3.8, 4) is 16.9 Å². The molecule has 1 fully saturated rings.